The first-order valence-electron chi connectivity index (χ1n) is 17.0. The fraction of sp³-hybridized carbons (Fsp3) is 0.432. The SMILES string of the molecule is COCCN(C)/C(C)=C(\C(C)=N)c1ccc(-c2cnc(C(=O)Nc3ccc(C(=O)N4CCN(C(=O)C5CCNCC5)CC4)c(Cl)c3)n2C)cc1. The number of carbonyl (C=O) groups excluding carboxylic acids is 3. The van der Waals surface area contributed by atoms with Crippen molar-refractivity contribution in [1.82, 2.24) is 29.6 Å². The zero-order valence-corrected chi connectivity index (χ0v) is 30.3. The molecule has 3 aromatic rings. The van der Waals surface area contributed by atoms with Gasteiger partial charge in [0.1, 0.15) is 0 Å². The van der Waals surface area contributed by atoms with E-state index in [0.717, 1.165) is 54.0 Å². The Kier molecular flexibility index (Phi) is 12.1. The first kappa shape index (κ1) is 36.8. The number of imidazole rings is 1. The van der Waals surface area contributed by atoms with Crippen molar-refractivity contribution in [3.05, 3.63) is 76.3 Å². The summed E-state index contributed by atoms with van der Waals surface area (Å²) in [6, 6.07) is 12.7. The summed E-state index contributed by atoms with van der Waals surface area (Å²) in [5.41, 5.74) is 5.64. The minimum atomic E-state index is -0.417. The molecule has 0 atom stereocenters. The molecule has 0 radical (unpaired) electrons. The topological polar surface area (TPSA) is 136 Å². The summed E-state index contributed by atoms with van der Waals surface area (Å²) in [7, 11) is 5.44. The maximum absolute atomic E-state index is 13.3. The monoisotopic (exact) mass is 702 g/mol. The van der Waals surface area contributed by atoms with Gasteiger partial charge in [-0.25, -0.2) is 4.98 Å². The number of carbonyl (C=O) groups is 3. The summed E-state index contributed by atoms with van der Waals surface area (Å²) in [6.07, 6.45) is 3.36. The molecule has 2 aliphatic rings. The van der Waals surface area contributed by atoms with Crippen LogP contribution in [0.25, 0.3) is 16.8 Å². The summed E-state index contributed by atoms with van der Waals surface area (Å²) in [4.78, 5) is 49.6. The van der Waals surface area contributed by atoms with Crippen molar-refractivity contribution in [3.63, 3.8) is 0 Å². The number of amides is 3. The van der Waals surface area contributed by atoms with Crippen LogP contribution in [-0.4, -0.2) is 114 Å². The Morgan fingerprint density at radius 3 is 2.32 bits per heavy atom. The predicted molar refractivity (Wildman–Crippen MR) is 197 cm³/mol. The lowest BCUT2D eigenvalue weighted by Crippen LogP contribution is -2.52. The van der Waals surface area contributed by atoms with E-state index < -0.39 is 5.91 Å². The number of halogens is 1. The van der Waals surface area contributed by atoms with Crippen molar-refractivity contribution in [2.24, 2.45) is 13.0 Å². The summed E-state index contributed by atoms with van der Waals surface area (Å²) >= 11 is 6.57. The van der Waals surface area contributed by atoms with Gasteiger partial charge in [0.15, 0.2) is 5.82 Å². The predicted octanol–water partition coefficient (Wildman–Crippen LogP) is 4.63. The van der Waals surface area contributed by atoms with Crippen LogP contribution >= 0.6 is 11.6 Å². The average Bonchev–Trinajstić information content (AvgIpc) is 3.51. The van der Waals surface area contributed by atoms with Crippen molar-refractivity contribution in [2.45, 2.75) is 26.7 Å². The zero-order chi connectivity index (χ0) is 35.9. The number of nitrogens with zero attached hydrogens (tertiary/aromatic N) is 5. The molecule has 3 amide bonds. The van der Waals surface area contributed by atoms with E-state index in [1.54, 1.807) is 54.9 Å². The number of rotatable bonds is 11. The minimum Gasteiger partial charge on any atom is -0.383 e. The molecule has 13 heteroatoms. The van der Waals surface area contributed by atoms with Crippen LogP contribution in [0, 0.1) is 11.3 Å². The molecule has 50 heavy (non-hydrogen) atoms. The maximum Gasteiger partial charge on any atom is 0.291 e. The van der Waals surface area contributed by atoms with Gasteiger partial charge in [-0.3, -0.25) is 14.4 Å². The first-order valence-corrected chi connectivity index (χ1v) is 17.4. The Labute approximate surface area is 298 Å². The first-order chi connectivity index (χ1) is 24.0. The number of nitrogens with one attached hydrogen (secondary N) is 3. The number of allylic oxidation sites excluding steroid dienone is 2. The normalized spacial score (nSPS) is 15.8. The van der Waals surface area contributed by atoms with Crippen LogP contribution in [-0.2, 0) is 16.6 Å². The molecular weight excluding hydrogens is 656 g/mol. The number of hydrogen-bond acceptors (Lipinski definition) is 8. The standard InChI is InChI=1S/C37H47ClN8O4/c1-24(39)33(25(2)43(3)20-21-50-5)27-8-6-26(7-9-27)32-23-41-34(44(32)4)35(47)42-29-10-11-30(31(38)22-29)37(49)46-18-16-45(17-19-46)36(48)28-12-14-40-15-13-28/h6-11,22-23,28,39-40H,12-21H2,1-5H3,(H,42,47)/b33-25+,39-24?. The van der Waals surface area contributed by atoms with Crippen molar-refractivity contribution < 1.29 is 19.1 Å². The maximum atomic E-state index is 13.3. The molecule has 0 saturated carbocycles. The quantitative estimate of drug-likeness (QED) is 0.248. The minimum absolute atomic E-state index is 0.0575. The third-order valence-corrected chi connectivity index (χ3v) is 9.94. The molecule has 5 rings (SSSR count). The number of aromatic nitrogens is 2. The Bertz CT molecular complexity index is 1750. The summed E-state index contributed by atoms with van der Waals surface area (Å²) in [5.74, 6) is -0.165. The van der Waals surface area contributed by atoms with Crippen LogP contribution in [0.3, 0.4) is 0 Å². The zero-order valence-electron chi connectivity index (χ0n) is 29.5. The Morgan fingerprint density at radius 2 is 1.70 bits per heavy atom. The second kappa shape index (κ2) is 16.5. The van der Waals surface area contributed by atoms with E-state index in [0.29, 0.717) is 56.3 Å². The number of likely N-dealkylation sites (N-methyl/N-ethyl adjacent to an activating group) is 1. The Hall–Kier alpha value is -4.52. The molecule has 0 spiro atoms. The van der Waals surface area contributed by atoms with E-state index in [-0.39, 0.29) is 28.6 Å². The lowest BCUT2D eigenvalue weighted by Gasteiger charge is -2.37. The summed E-state index contributed by atoms with van der Waals surface area (Å²) < 4.78 is 6.94. The van der Waals surface area contributed by atoms with Crippen LogP contribution in [0.5, 0.6) is 0 Å². The molecule has 0 aliphatic carbocycles. The van der Waals surface area contributed by atoms with Gasteiger partial charge in [-0.2, -0.15) is 0 Å². The van der Waals surface area contributed by atoms with Crippen LogP contribution in [0.1, 0.15) is 53.2 Å². The van der Waals surface area contributed by atoms with Gasteiger partial charge in [-0.1, -0.05) is 35.9 Å². The van der Waals surface area contributed by atoms with E-state index in [2.05, 4.69) is 20.5 Å². The molecule has 0 unspecified atom stereocenters. The highest BCUT2D eigenvalue weighted by atomic mass is 35.5. The van der Waals surface area contributed by atoms with E-state index in [1.807, 2.05) is 43.1 Å². The molecule has 2 aliphatic heterocycles. The highest BCUT2D eigenvalue weighted by Crippen LogP contribution is 2.28. The number of anilines is 1. The van der Waals surface area contributed by atoms with Gasteiger partial charge >= 0.3 is 0 Å². The van der Waals surface area contributed by atoms with Gasteiger partial charge < -0.3 is 40.0 Å². The average molecular weight is 703 g/mol. The van der Waals surface area contributed by atoms with Crippen molar-refractivity contribution >= 4 is 46.3 Å². The van der Waals surface area contributed by atoms with Gasteiger partial charge in [0, 0.05) is 82.5 Å². The van der Waals surface area contributed by atoms with Crippen molar-refractivity contribution in [2.75, 3.05) is 71.9 Å². The molecule has 2 fully saturated rings. The highest BCUT2D eigenvalue weighted by molar-refractivity contribution is 6.34. The number of piperidine rings is 1. The molecule has 2 saturated heterocycles. The molecule has 3 heterocycles. The second-order valence-corrected chi connectivity index (χ2v) is 13.3. The van der Waals surface area contributed by atoms with Crippen molar-refractivity contribution in [1.29, 1.82) is 5.41 Å². The molecule has 266 valence electrons. The fourth-order valence-electron chi connectivity index (χ4n) is 6.56. The van der Waals surface area contributed by atoms with Gasteiger partial charge in [-0.05, 0) is 69.1 Å². The number of ether oxygens (including phenoxy) is 1. The van der Waals surface area contributed by atoms with Crippen molar-refractivity contribution in [3.8, 4) is 11.3 Å². The third-order valence-electron chi connectivity index (χ3n) is 9.63. The number of piperazine rings is 1. The Balaban J connectivity index is 1.21. The van der Waals surface area contributed by atoms with E-state index in [4.69, 9.17) is 21.7 Å². The molecule has 3 N–H and O–H groups in total. The van der Waals surface area contributed by atoms with Crippen LogP contribution < -0.4 is 10.6 Å². The van der Waals surface area contributed by atoms with Crippen LogP contribution in [0.2, 0.25) is 5.02 Å². The van der Waals surface area contributed by atoms with E-state index in [9.17, 15) is 14.4 Å². The largest absolute Gasteiger partial charge is 0.383 e. The summed E-state index contributed by atoms with van der Waals surface area (Å²) in [5, 5.41) is 14.8. The number of methoxy groups -OCH3 is 1. The van der Waals surface area contributed by atoms with Gasteiger partial charge in [0.25, 0.3) is 11.8 Å². The highest BCUT2D eigenvalue weighted by Gasteiger charge is 2.30. The molecule has 0 bridgehead atoms. The van der Waals surface area contributed by atoms with E-state index >= 15 is 0 Å². The summed E-state index contributed by atoms with van der Waals surface area (Å²) in [6.45, 7) is 8.72. The van der Waals surface area contributed by atoms with E-state index in [1.165, 1.54) is 0 Å². The van der Waals surface area contributed by atoms with Gasteiger partial charge in [0.2, 0.25) is 5.91 Å². The number of hydrogen-bond donors (Lipinski definition) is 3. The lowest BCUT2D eigenvalue weighted by atomic mass is 9.96. The number of benzene rings is 2. The van der Waals surface area contributed by atoms with Gasteiger partial charge in [0.05, 0.1) is 29.1 Å². The molecule has 1 aromatic heterocycles. The van der Waals surface area contributed by atoms with Gasteiger partial charge in [-0.15, -0.1) is 0 Å². The van der Waals surface area contributed by atoms with Crippen LogP contribution in [0.4, 0.5) is 5.69 Å². The molecule has 2 aromatic carbocycles. The Morgan fingerprint density at radius 1 is 1.04 bits per heavy atom. The molecule has 12 nitrogen and oxygen atoms in total. The molecular formula is C37H47ClN8O4. The van der Waals surface area contributed by atoms with Crippen LogP contribution in [0.15, 0.2) is 54.4 Å². The lowest BCUT2D eigenvalue weighted by molar-refractivity contribution is -0.137. The second-order valence-electron chi connectivity index (χ2n) is 12.9. The smallest absolute Gasteiger partial charge is 0.291 e. The fourth-order valence-corrected chi connectivity index (χ4v) is 6.82. The third kappa shape index (κ3) is 8.26.